The summed E-state index contributed by atoms with van der Waals surface area (Å²) < 4.78 is 0. The van der Waals surface area contributed by atoms with Gasteiger partial charge in [-0.1, -0.05) is 36.6 Å². The minimum absolute atomic E-state index is 0. The second kappa shape index (κ2) is 14.6. The van der Waals surface area contributed by atoms with Gasteiger partial charge in [0.1, 0.15) is 0 Å². The number of rotatable bonds is 2. The zero-order valence-electron chi connectivity index (χ0n) is 14.7. The Morgan fingerprint density at radius 3 is 2.26 bits per heavy atom. The van der Waals surface area contributed by atoms with E-state index >= 15 is 0 Å². The standard InChI is InChI=1S/C13H14N.C5H8.2CH3.Si.Ti/c1-2-6-12-11(5-1)7-8-13(12)14-9-3-4-10-14;1-3-5-4-2;;;;/h1-2,5-8H,3-4,9-10H2;3-5H,1H2,2H3;2*1H3;;/q-1;;2*-1;;+3. The van der Waals surface area contributed by atoms with Gasteiger partial charge >= 0.3 is 21.7 Å². The number of nitrogens with zero attached hydrogens (tertiary/aromatic N) is 1. The van der Waals surface area contributed by atoms with Gasteiger partial charge in [-0.25, -0.2) is 0 Å². The van der Waals surface area contributed by atoms with Gasteiger partial charge in [-0.15, -0.1) is 41.1 Å². The molecule has 121 valence electrons. The maximum Gasteiger partial charge on any atom is 3.00 e. The van der Waals surface area contributed by atoms with Crippen LogP contribution in [0.2, 0.25) is 0 Å². The predicted octanol–water partition coefficient (Wildman–Crippen LogP) is 5.42. The SMILES string of the molecule is C=CC=CC.[CH3-].[CH3-].[Si].[Ti+3].c1ccc2c(N3CCCC3)c[cH-]c2c1. The van der Waals surface area contributed by atoms with Crippen molar-refractivity contribution < 1.29 is 21.7 Å². The molecule has 0 bridgehead atoms. The van der Waals surface area contributed by atoms with Crippen LogP contribution in [0.15, 0.2) is 61.2 Å². The van der Waals surface area contributed by atoms with Crippen LogP contribution in [-0.4, -0.2) is 24.1 Å². The molecule has 1 heterocycles. The first-order valence-corrected chi connectivity index (χ1v) is 7.00. The van der Waals surface area contributed by atoms with Crippen LogP contribution in [0.3, 0.4) is 0 Å². The zero-order chi connectivity index (χ0) is 13.5. The van der Waals surface area contributed by atoms with Crippen LogP contribution >= 0.6 is 0 Å². The fraction of sp³-hybridized carbons (Fsp3) is 0.250. The first-order valence-electron chi connectivity index (χ1n) is 7.00. The summed E-state index contributed by atoms with van der Waals surface area (Å²) in [6, 6.07) is 13.1. The molecule has 1 aliphatic rings. The van der Waals surface area contributed by atoms with E-state index in [1.54, 1.807) is 6.08 Å². The van der Waals surface area contributed by atoms with Crippen LogP contribution < -0.4 is 4.90 Å². The summed E-state index contributed by atoms with van der Waals surface area (Å²) in [5.74, 6) is 0. The maximum atomic E-state index is 3.46. The van der Waals surface area contributed by atoms with E-state index in [1.165, 1.54) is 42.4 Å². The van der Waals surface area contributed by atoms with Crippen molar-refractivity contribution in [1.29, 1.82) is 0 Å². The van der Waals surface area contributed by atoms with E-state index in [4.69, 9.17) is 0 Å². The molecule has 0 unspecified atom stereocenters. The van der Waals surface area contributed by atoms with Crippen LogP contribution in [0.5, 0.6) is 0 Å². The summed E-state index contributed by atoms with van der Waals surface area (Å²) in [6.07, 6.45) is 8.27. The quantitative estimate of drug-likeness (QED) is 0.393. The van der Waals surface area contributed by atoms with Crippen LogP contribution in [0.1, 0.15) is 19.8 Å². The molecule has 0 spiro atoms. The van der Waals surface area contributed by atoms with E-state index in [2.05, 4.69) is 47.9 Å². The van der Waals surface area contributed by atoms with Crippen molar-refractivity contribution in [2.75, 3.05) is 18.0 Å². The van der Waals surface area contributed by atoms with Crippen LogP contribution in [-0.2, 0) is 21.7 Å². The molecule has 0 amide bonds. The van der Waals surface area contributed by atoms with Crippen LogP contribution in [0.25, 0.3) is 10.8 Å². The van der Waals surface area contributed by atoms with Gasteiger partial charge in [0.05, 0.1) is 0 Å². The third-order valence-electron chi connectivity index (χ3n) is 3.43. The summed E-state index contributed by atoms with van der Waals surface area (Å²) in [7, 11) is 0. The molecule has 2 aromatic carbocycles. The van der Waals surface area contributed by atoms with Gasteiger partial charge in [0.15, 0.2) is 0 Å². The molecule has 1 aliphatic heterocycles. The number of fused-ring (bicyclic) bond motifs is 1. The largest absolute Gasteiger partial charge is 3.00 e. The first kappa shape index (κ1) is 26.9. The number of allylic oxidation sites excluding steroid dienone is 3. The molecule has 1 nitrogen and oxygen atoms in total. The Morgan fingerprint density at radius 2 is 1.74 bits per heavy atom. The summed E-state index contributed by atoms with van der Waals surface area (Å²) in [6.45, 7) is 7.88. The Labute approximate surface area is 162 Å². The van der Waals surface area contributed by atoms with E-state index in [1.807, 2.05) is 19.1 Å². The molecule has 0 N–H and O–H groups in total. The van der Waals surface area contributed by atoms with Gasteiger partial charge in [-0.3, -0.25) is 0 Å². The van der Waals surface area contributed by atoms with Crippen molar-refractivity contribution in [3.05, 3.63) is 76.1 Å². The van der Waals surface area contributed by atoms with Gasteiger partial charge in [0, 0.05) is 24.1 Å². The molecule has 3 heteroatoms. The molecule has 0 atom stereocenters. The maximum absolute atomic E-state index is 3.46. The summed E-state index contributed by atoms with van der Waals surface area (Å²) >= 11 is 0. The summed E-state index contributed by atoms with van der Waals surface area (Å²) in [4.78, 5) is 2.50. The van der Waals surface area contributed by atoms with Crippen molar-refractivity contribution in [2.45, 2.75) is 19.8 Å². The summed E-state index contributed by atoms with van der Waals surface area (Å²) in [5, 5.41) is 2.78. The van der Waals surface area contributed by atoms with Gasteiger partial charge in [-0.2, -0.15) is 0 Å². The Morgan fingerprint density at radius 1 is 1.13 bits per heavy atom. The van der Waals surface area contributed by atoms with E-state index in [-0.39, 0.29) is 47.5 Å². The molecule has 0 aromatic heterocycles. The molecule has 1 saturated heterocycles. The molecular weight excluding hydrogens is 330 g/mol. The van der Waals surface area contributed by atoms with Crippen molar-refractivity contribution in [2.24, 2.45) is 0 Å². The van der Waals surface area contributed by atoms with Crippen molar-refractivity contribution in [1.82, 2.24) is 0 Å². The molecule has 23 heavy (non-hydrogen) atoms. The van der Waals surface area contributed by atoms with Crippen molar-refractivity contribution in [3.63, 3.8) is 0 Å². The third kappa shape index (κ3) is 7.43. The predicted molar refractivity (Wildman–Crippen MR) is 105 cm³/mol. The molecular formula is C20H28NSiTi. The van der Waals surface area contributed by atoms with E-state index in [9.17, 15) is 0 Å². The number of anilines is 1. The molecule has 2 aromatic rings. The fourth-order valence-corrected chi connectivity index (χ4v) is 2.50. The smallest absolute Gasteiger partial charge is 0.417 e. The number of hydrogen-bond acceptors (Lipinski definition) is 1. The second-order valence-electron chi connectivity index (χ2n) is 4.76. The van der Waals surface area contributed by atoms with Gasteiger partial charge in [0.25, 0.3) is 0 Å². The third-order valence-corrected chi connectivity index (χ3v) is 3.43. The zero-order valence-corrected chi connectivity index (χ0v) is 17.2. The van der Waals surface area contributed by atoms with Gasteiger partial charge in [-0.05, 0) is 19.8 Å². The monoisotopic (exact) mass is 358 g/mol. The Balaban J connectivity index is -0.000000400. The van der Waals surface area contributed by atoms with Gasteiger partial charge in [0.2, 0.25) is 0 Å². The molecule has 1 fully saturated rings. The van der Waals surface area contributed by atoms with Crippen LogP contribution in [0.4, 0.5) is 5.69 Å². The number of hydrogen-bond donors (Lipinski definition) is 0. The van der Waals surface area contributed by atoms with E-state index in [0.29, 0.717) is 0 Å². The first-order chi connectivity index (χ1) is 9.36. The average Bonchev–Trinajstić information content (AvgIpc) is 3.09. The molecule has 3 rings (SSSR count). The topological polar surface area (TPSA) is 3.24 Å². The fourth-order valence-electron chi connectivity index (χ4n) is 2.50. The Bertz CT molecular complexity index is 554. The second-order valence-corrected chi connectivity index (χ2v) is 4.76. The molecule has 5 radical (unpaired) electrons. The average molecular weight is 358 g/mol. The molecule has 0 aliphatic carbocycles. The minimum atomic E-state index is 0. The van der Waals surface area contributed by atoms with E-state index < -0.39 is 0 Å². The van der Waals surface area contributed by atoms with Gasteiger partial charge < -0.3 is 19.8 Å². The Hall–Kier alpha value is -0.959. The Kier molecular flexibility index (Phi) is 17.1. The van der Waals surface area contributed by atoms with E-state index in [0.717, 1.165) is 0 Å². The molecule has 0 saturated carbocycles. The van der Waals surface area contributed by atoms with Crippen molar-refractivity contribution in [3.8, 4) is 0 Å². The summed E-state index contributed by atoms with van der Waals surface area (Å²) in [5.41, 5.74) is 1.43. The van der Waals surface area contributed by atoms with Crippen molar-refractivity contribution >= 4 is 27.4 Å². The minimum Gasteiger partial charge on any atom is -0.417 e. The normalized spacial score (nSPS) is 12.1. The number of benzene rings is 1. The van der Waals surface area contributed by atoms with Crippen LogP contribution in [0, 0.1) is 14.9 Å².